The predicted octanol–water partition coefficient (Wildman–Crippen LogP) is 4.75. The van der Waals surface area contributed by atoms with Crippen LogP contribution in [-0.4, -0.2) is 16.5 Å². The number of nitrogens with one attached hydrogen (secondary N) is 1. The molecule has 0 amide bonds. The van der Waals surface area contributed by atoms with Gasteiger partial charge in [0.05, 0.1) is 10.9 Å². The zero-order chi connectivity index (χ0) is 14.2. The van der Waals surface area contributed by atoms with Gasteiger partial charge in [0.1, 0.15) is 23.0 Å². The van der Waals surface area contributed by atoms with Gasteiger partial charge in [-0.2, -0.15) is 0 Å². The van der Waals surface area contributed by atoms with Crippen molar-refractivity contribution in [1.29, 1.82) is 0 Å². The maximum atomic E-state index is 13.7. The van der Waals surface area contributed by atoms with Gasteiger partial charge in [0.15, 0.2) is 4.90 Å². The third kappa shape index (κ3) is 2.26. The van der Waals surface area contributed by atoms with Crippen LogP contribution in [0.2, 0.25) is 0 Å². The van der Waals surface area contributed by atoms with Crippen LogP contribution in [0.15, 0.2) is 53.4 Å². The first-order valence-electron chi connectivity index (χ1n) is 7.37. The smallest absolute Gasteiger partial charge is 0.188 e. The van der Waals surface area contributed by atoms with E-state index in [0.29, 0.717) is 0 Å². The summed E-state index contributed by atoms with van der Waals surface area (Å²) in [6.07, 6.45) is 2.58. The first-order valence-corrected chi connectivity index (χ1v) is 8.93. The van der Waals surface area contributed by atoms with Gasteiger partial charge in [-0.05, 0) is 31.0 Å². The van der Waals surface area contributed by atoms with Crippen molar-refractivity contribution < 1.29 is 4.39 Å². The fraction of sp³-hybridized carbons (Fsp3) is 0.222. The molecule has 0 unspecified atom stereocenters. The summed E-state index contributed by atoms with van der Waals surface area (Å²) in [5.74, 6) is 2.33. The molecule has 3 heteroatoms. The largest absolute Gasteiger partial charge is 0.350 e. The summed E-state index contributed by atoms with van der Waals surface area (Å²) in [7, 11) is 0.248. The number of hydrogen-bond acceptors (Lipinski definition) is 0. The molecule has 0 aliphatic carbocycles. The minimum absolute atomic E-state index is 0.148. The van der Waals surface area contributed by atoms with Gasteiger partial charge in [-0.15, -0.1) is 0 Å². The SMILES string of the molecule is Fc1ccc2[nH]c(-c3ccccc3)c([S+]3CCCC3)c2c1. The van der Waals surface area contributed by atoms with Crippen LogP contribution in [0.3, 0.4) is 0 Å². The molecule has 2 aromatic carbocycles. The maximum Gasteiger partial charge on any atom is 0.188 e. The van der Waals surface area contributed by atoms with Gasteiger partial charge in [-0.1, -0.05) is 30.3 Å². The molecule has 0 saturated carbocycles. The number of aromatic amines is 1. The normalized spacial score (nSPS) is 15.9. The van der Waals surface area contributed by atoms with Crippen LogP contribution >= 0.6 is 0 Å². The Balaban J connectivity index is 1.98. The molecule has 2 heterocycles. The third-order valence-corrected chi connectivity index (χ3v) is 6.66. The van der Waals surface area contributed by atoms with Gasteiger partial charge in [-0.25, -0.2) is 4.39 Å². The number of fused-ring (bicyclic) bond motifs is 1. The number of halogens is 1. The molecule has 1 aromatic heterocycles. The second-order valence-corrected chi connectivity index (χ2v) is 7.70. The molecule has 1 saturated heterocycles. The fourth-order valence-corrected chi connectivity index (χ4v) is 5.76. The average molecular weight is 298 g/mol. The van der Waals surface area contributed by atoms with Crippen molar-refractivity contribution in [3.05, 3.63) is 54.3 Å². The Bertz CT molecular complexity index is 773. The standard InChI is InChI=1S/C18H17FNS/c19-14-8-9-16-15(12-14)18(21-10-4-5-11-21)17(20-16)13-6-2-1-3-7-13/h1-3,6-9,12,20H,4-5,10-11H2/q+1. The Morgan fingerprint density at radius 1 is 0.952 bits per heavy atom. The van der Waals surface area contributed by atoms with Crippen molar-refractivity contribution in [1.82, 2.24) is 4.98 Å². The number of aromatic nitrogens is 1. The van der Waals surface area contributed by atoms with E-state index in [2.05, 4.69) is 29.2 Å². The zero-order valence-electron chi connectivity index (χ0n) is 11.7. The molecule has 0 atom stereocenters. The highest BCUT2D eigenvalue weighted by molar-refractivity contribution is 7.97. The van der Waals surface area contributed by atoms with E-state index >= 15 is 0 Å². The minimum atomic E-state index is -0.148. The van der Waals surface area contributed by atoms with Crippen LogP contribution in [0.25, 0.3) is 22.2 Å². The van der Waals surface area contributed by atoms with Crippen molar-refractivity contribution in [2.75, 3.05) is 11.5 Å². The van der Waals surface area contributed by atoms with E-state index in [1.807, 2.05) is 12.1 Å². The fourth-order valence-electron chi connectivity index (χ4n) is 3.11. The number of hydrogen-bond donors (Lipinski definition) is 1. The van der Waals surface area contributed by atoms with E-state index in [-0.39, 0.29) is 16.7 Å². The van der Waals surface area contributed by atoms with Crippen molar-refractivity contribution in [2.45, 2.75) is 17.7 Å². The van der Waals surface area contributed by atoms with Crippen LogP contribution < -0.4 is 0 Å². The van der Waals surface area contributed by atoms with Crippen LogP contribution in [0.4, 0.5) is 4.39 Å². The molecule has 4 rings (SSSR count). The van der Waals surface area contributed by atoms with Gasteiger partial charge < -0.3 is 4.98 Å². The number of benzene rings is 2. The van der Waals surface area contributed by atoms with Crippen molar-refractivity contribution in [3.63, 3.8) is 0 Å². The Morgan fingerprint density at radius 2 is 1.71 bits per heavy atom. The first kappa shape index (κ1) is 13.0. The molecular formula is C18H17FNS+. The molecule has 0 bridgehead atoms. The highest BCUT2D eigenvalue weighted by Gasteiger charge is 2.33. The summed E-state index contributed by atoms with van der Waals surface area (Å²) in [5.41, 5.74) is 3.43. The summed E-state index contributed by atoms with van der Waals surface area (Å²) in [6, 6.07) is 15.5. The number of H-pyrrole nitrogens is 1. The molecule has 1 aliphatic heterocycles. The molecule has 3 aromatic rings. The third-order valence-electron chi connectivity index (χ3n) is 4.10. The molecule has 0 radical (unpaired) electrons. The molecular weight excluding hydrogens is 281 g/mol. The van der Waals surface area contributed by atoms with Crippen molar-refractivity contribution >= 4 is 21.8 Å². The topological polar surface area (TPSA) is 15.8 Å². The summed E-state index contributed by atoms with van der Waals surface area (Å²) in [5, 5.41) is 1.07. The Hall–Kier alpha value is -1.74. The van der Waals surface area contributed by atoms with E-state index in [9.17, 15) is 4.39 Å². The molecule has 1 fully saturated rings. The summed E-state index contributed by atoms with van der Waals surface area (Å²) < 4.78 is 13.7. The second kappa shape index (κ2) is 5.23. The Kier molecular flexibility index (Phi) is 3.23. The Morgan fingerprint density at radius 3 is 2.48 bits per heavy atom. The molecule has 1 nitrogen and oxygen atoms in total. The average Bonchev–Trinajstić information content (AvgIpc) is 3.14. The summed E-state index contributed by atoms with van der Waals surface area (Å²) in [4.78, 5) is 4.87. The highest BCUT2D eigenvalue weighted by Crippen LogP contribution is 2.38. The van der Waals surface area contributed by atoms with E-state index in [1.54, 1.807) is 6.07 Å². The second-order valence-electron chi connectivity index (χ2n) is 5.49. The van der Waals surface area contributed by atoms with Crippen molar-refractivity contribution in [2.24, 2.45) is 0 Å². The lowest BCUT2D eigenvalue weighted by molar-refractivity contribution is 0.629. The predicted molar refractivity (Wildman–Crippen MR) is 88.3 cm³/mol. The zero-order valence-corrected chi connectivity index (χ0v) is 12.5. The quantitative estimate of drug-likeness (QED) is 0.657. The molecule has 106 valence electrons. The molecule has 1 aliphatic rings. The summed E-state index contributed by atoms with van der Waals surface area (Å²) >= 11 is 0. The Labute approximate surface area is 126 Å². The van der Waals surface area contributed by atoms with E-state index in [1.165, 1.54) is 46.6 Å². The highest BCUT2D eigenvalue weighted by atomic mass is 32.2. The van der Waals surface area contributed by atoms with Gasteiger partial charge >= 0.3 is 0 Å². The lowest BCUT2D eigenvalue weighted by Gasteiger charge is -2.03. The summed E-state index contributed by atoms with van der Waals surface area (Å²) in [6.45, 7) is 0. The van der Waals surface area contributed by atoms with E-state index < -0.39 is 0 Å². The van der Waals surface area contributed by atoms with Gasteiger partial charge in [0, 0.05) is 16.5 Å². The van der Waals surface area contributed by atoms with Gasteiger partial charge in [0.25, 0.3) is 0 Å². The van der Waals surface area contributed by atoms with E-state index in [4.69, 9.17) is 0 Å². The van der Waals surface area contributed by atoms with Crippen LogP contribution in [-0.2, 0) is 10.9 Å². The minimum Gasteiger partial charge on any atom is -0.350 e. The first-order chi connectivity index (χ1) is 10.3. The van der Waals surface area contributed by atoms with Crippen molar-refractivity contribution in [3.8, 4) is 11.3 Å². The lowest BCUT2D eigenvalue weighted by atomic mass is 10.1. The van der Waals surface area contributed by atoms with E-state index in [0.717, 1.165) is 10.9 Å². The molecule has 1 N–H and O–H groups in total. The lowest BCUT2D eigenvalue weighted by Crippen LogP contribution is -2.04. The van der Waals surface area contributed by atoms with Gasteiger partial charge in [-0.3, -0.25) is 0 Å². The molecule has 21 heavy (non-hydrogen) atoms. The van der Waals surface area contributed by atoms with Gasteiger partial charge in [0.2, 0.25) is 0 Å². The number of rotatable bonds is 2. The van der Waals surface area contributed by atoms with Crippen LogP contribution in [0, 0.1) is 5.82 Å². The maximum absolute atomic E-state index is 13.7. The molecule has 0 spiro atoms. The van der Waals surface area contributed by atoms with Crippen LogP contribution in [0.1, 0.15) is 12.8 Å². The van der Waals surface area contributed by atoms with Crippen LogP contribution in [0.5, 0.6) is 0 Å². The monoisotopic (exact) mass is 298 g/mol.